The van der Waals surface area contributed by atoms with Gasteiger partial charge in [-0.15, -0.1) is 0 Å². The SMILES string of the molecule is Cc1cc(Br)cnc1N(C)c1cccc(CN)c1. The van der Waals surface area contributed by atoms with Crippen LogP contribution in [0.5, 0.6) is 0 Å². The van der Waals surface area contributed by atoms with E-state index in [2.05, 4.69) is 50.9 Å². The summed E-state index contributed by atoms with van der Waals surface area (Å²) in [6.45, 7) is 2.60. The monoisotopic (exact) mass is 305 g/mol. The van der Waals surface area contributed by atoms with Gasteiger partial charge in [0, 0.05) is 29.9 Å². The Kier molecular flexibility index (Phi) is 3.99. The van der Waals surface area contributed by atoms with Gasteiger partial charge in [0.05, 0.1) is 0 Å². The first kappa shape index (κ1) is 13.1. The van der Waals surface area contributed by atoms with E-state index < -0.39 is 0 Å². The number of hydrogen-bond donors (Lipinski definition) is 1. The fourth-order valence-electron chi connectivity index (χ4n) is 1.90. The molecule has 4 heteroatoms. The molecular weight excluding hydrogens is 290 g/mol. The van der Waals surface area contributed by atoms with Crippen molar-refractivity contribution in [3.63, 3.8) is 0 Å². The smallest absolute Gasteiger partial charge is 0.135 e. The van der Waals surface area contributed by atoms with Crippen molar-refractivity contribution in [3.05, 3.63) is 52.1 Å². The molecule has 0 aliphatic rings. The highest BCUT2D eigenvalue weighted by Crippen LogP contribution is 2.26. The third kappa shape index (κ3) is 2.71. The van der Waals surface area contributed by atoms with Crippen LogP contribution >= 0.6 is 15.9 Å². The number of benzene rings is 1. The van der Waals surface area contributed by atoms with Crippen molar-refractivity contribution in [2.45, 2.75) is 13.5 Å². The minimum atomic E-state index is 0.550. The average molecular weight is 306 g/mol. The second-order valence-electron chi connectivity index (χ2n) is 4.23. The second-order valence-corrected chi connectivity index (χ2v) is 5.14. The highest BCUT2D eigenvalue weighted by Gasteiger charge is 2.09. The molecule has 1 aromatic carbocycles. The normalized spacial score (nSPS) is 10.4. The lowest BCUT2D eigenvalue weighted by Gasteiger charge is -2.21. The number of nitrogens with zero attached hydrogens (tertiary/aromatic N) is 2. The van der Waals surface area contributed by atoms with E-state index in [0.29, 0.717) is 6.54 Å². The van der Waals surface area contributed by atoms with Gasteiger partial charge in [-0.2, -0.15) is 0 Å². The summed E-state index contributed by atoms with van der Waals surface area (Å²) in [6, 6.07) is 10.2. The van der Waals surface area contributed by atoms with Crippen molar-refractivity contribution >= 4 is 27.4 Å². The van der Waals surface area contributed by atoms with Crippen molar-refractivity contribution < 1.29 is 0 Å². The third-order valence-corrected chi connectivity index (χ3v) is 3.30. The van der Waals surface area contributed by atoms with Crippen LogP contribution < -0.4 is 10.6 Å². The number of nitrogens with two attached hydrogens (primary N) is 1. The highest BCUT2D eigenvalue weighted by atomic mass is 79.9. The summed E-state index contributed by atoms with van der Waals surface area (Å²) < 4.78 is 0.993. The Bertz CT molecular complexity index is 554. The Morgan fingerprint density at radius 3 is 2.78 bits per heavy atom. The zero-order chi connectivity index (χ0) is 13.1. The number of hydrogen-bond acceptors (Lipinski definition) is 3. The van der Waals surface area contributed by atoms with Crippen molar-refractivity contribution in [1.29, 1.82) is 0 Å². The third-order valence-electron chi connectivity index (χ3n) is 2.87. The van der Waals surface area contributed by atoms with Crippen molar-refractivity contribution in [1.82, 2.24) is 4.98 Å². The molecule has 2 rings (SSSR count). The summed E-state index contributed by atoms with van der Waals surface area (Å²) in [6.07, 6.45) is 1.81. The zero-order valence-corrected chi connectivity index (χ0v) is 12.1. The Morgan fingerprint density at radius 2 is 2.11 bits per heavy atom. The Labute approximate surface area is 116 Å². The Balaban J connectivity index is 2.37. The van der Waals surface area contributed by atoms with Crippen LogP contribution in [0, 0.1) is 6.92 Å². The zero-order valence-electron chi connectivity index (χ0n) is 10.5. The van der Waals surface area contributed by atoms with Crippen LogP contribution in [0.4, 0.5) is 11.5 Å². The average Bonchev–Trinajstić information content (AvgIpc) is 2.38. The molecule has 2 N–H and O–H groups in total. The minimum Gasteiger partial charge on any atom is -0.329 e. The number of anilines is 2. The van der Waals surface area contributed by atoms with Gasteiger partial charge in [-0.05, 0) is 52.2 Å². The second kappa shape index (κ2) is 5.50. The van der Waals surface area contributed by atoms with Crippen molar-refractivity contribution in [2.24, 2.45) is 5.73 Å². The maximum Gasteiger partial charge on any atom is 0.135 e. The Hall–Kier alpha value is -1.39. The molecule has 0 aliphatic heterocycles. The largest absolute Gasteiger partial charge is 0.329 e. The van der Waals surface area contributed by atoms with Crippen molar-refractivity contribution in [3.8, 4) is 0 Å². The standard InChI is InChI=1S/C14H16BrN3/c1-10-6-12(15)9-17-14(10)18(2)13-5-3-4-11(7-13)8-16/h3-7,9H,8,16H2,1-2H3. The highest BCUT2D eigenvalue weighted by molar-refractivity contribution is 9.10. The summed E-state index contributed by atoms with van der Waals surface area (Å²) in [4.78, 5) is 6.53. The van der Waals surface area contributed by atoms with Crippen LogP contribution in [0.3, 0.4) is 0 Å². The van der Waals surface area contributed by atoms with Crippen LogP contribution in [0.25, 0.3) is 0 Å². The number of rotatable bonds is 3. The van der Waals surface area contributed by atoms with Gasteiger partial charge in [-0.3, -0.25) is 0 Å². The molecule has 0 amide bonds. The van der Waals surface area contributed by atoms with Crippen LogP contribution in [0.1, 0.15) is 11.1 Å². The molecule has 0 aliphatic carbocycles. The molecule has 1 heterocycles. The molecule has 0 fully saturated rings. The molecule has 2 aromatic rings. The number of pyridine rings is 1. The molecular formula is C14H16BrN3. The van der Waals surface area contributed by atoms with Crippen LogP contribution in [-0.4, -0.2) is 12.0 Å². The van der Waals surface area contributed by atoms with E-state index in [9.17, 15) is 0 Å². The first-order chi connectivity index (χ1) is 8.61. The maximum atomic E-state index is 5.67. The lowest BCUT2D eigenvalue weighted by Crippen LogP contribution is -2.13. The first-order valence-electron chi connectivity index (χ1n) is 5.76. The van der Waals surface area contributed by atoms with E-state index in [-0.39, 0.29) is 0 Å². The molecule has 3 nitrogen and oxygen atoms in total. The summed E-state index contributed by atoms with van der Waals surface area (Å²) in [5.74, 6) is 0.951. The molecule has 1 aromatic heterocycles. The van der Waals surface area contributed by atoms with E-state index in [1.807, 2.05) is 25.4 Å². The van der Waals surface area contributed by atoms with E-state index in [0.717, 1.165) is 27.1 Å². The molecule has 0 saturated carbocycles. The molecule has 0 bridgehead atoms. The fourth-order valence-corrected chi connectivity index (χ4v) is 2.34. The molecule has 0 spiro atoms. The van der Waals surface area contributed by atoms with Crippen molar-refractivity contribution in [2.75, 3.05) is 11.9 Å². The van der Waals surface area contributed by atoms with Gasteiger partial charge in [0.1, 0.15) is 5.82 Å². The summed E-state index contributed by atoms with van der Waals surface area (Å²) >= 11 is 3.43. The molecule has 18 heavy (non-hydrogen) atoms. The van der Waals surface area contributed by atoms with E-state index in [4.69, 9.17) is 5.73 Å². The quantitative estimate of drug-likeness (QED) is 0.945. The number of halogens is 1. The van der Waals surface area contributed by atoms with Crippen LogP contribution in [0.15, 0.2) is 41.0 Å². The van der Waals surface area contributed by atoms with Crippen LogP contribution in [-0.2, 0) is 6.54 Å². The van der Waals surface area contributed by atoms with Gasteiger partial charge in [0.15, 0.2) is 0 Å². The number of aromatic nitrogens is 1. The maximum absolute atomic E-state index is 5.67. The van der Waals surface area contributed by atoms with Gasteiger partial charge < -0.3 is 10.6 Å². The van der Waals surface area contributed by atoms with Gasteiger partial charge >= 0.3 is 0 Å². The molecule has 0 radical (unpaired) electrons. The number of aryl methyl sites for hydroxylation is 1. The van der Waals surface area contributed by atoms with E-state index in [1.165, 1.54) is 0 Å². The molecule has 0 atom stereocenters. The Morgan fingerprint density at radius 1 is 1.33 bits per heavy atom. The van der Waals surface area contributed by atoms with E-state index >= 15 is 0 Å². The van der Waals surface area contributed by atoms with Gasteiger partial charge in [0.2, 0.25) is 0 Å². The lowest BCUT2D eigenvalue weighted by molar-refractivity contribution is 1.05. The minimum absolute atomic E-state index is 0.550. The topological polar surface area (TPSA) is 42.2 Å². The van der Waals surface area contributed by atoms with Gasteiger partial charge in [0.25, 0.3) is 0 Å². The van der Waals surface area contributed by atoms with Gasteiger partial charge in [-0.25, -0.2) is 4.98 Å². The fraction of sp³-hybridized carbons (Fsp3) is 0.214. The van der Waals surface area contributed by atoms with Gasteiger partial charge in [-0.1, -0.05) is 12.1 Å². The molecule has 0 saturated heterocycles. The summed E-state index contributed by atoms with van der Waals surface area (Å²) in [5, 5.41) is 0. The predicted octanol–water partition coefficient (Wildman–Crippen LogP) is 3.38. The summed E-state index contributed by atoms with van der Waals surface area (Å²) in [5.41, 5.74) is 9.01. The predicted molar refractivity (Wildman–Crippen MR) is 79.1 cm³/mol. The molecule has 94 valence electrons. The molecule has 0 unspecified atom stereocenters. The van der Waals surface area contributed by atoms with Crippen LogP contribution in [0.2, 0.25) is 0 Å². The summed E-state index contributed by atoms with van der Waals surface area (Å²) in [7, 11) is 2.01. The first-order valence-corrected chi connectivity index (χ1v) is 6.56. The lowest BCUT2D eigenvalue weighted by atomic mass is 10.2. The van der Waals surface area contributed by atoms with E-state index in [1.54, 1.807) is 0 Å².